The molecule has 3 heterocycles. The van der Waals surface area contributed by atoms with Crippen molar-refractivity contribution in [1.82, 2.24) is 4.90 Å². The van der Waals surface area contributed by atoms with Gasteiger partial charge < -0.3 is 25.6 Å². The summed E-state index contributed by atoms with van der Waals surface area (Å²) in [5, 5.41) is 23.6. The molecule has 1 aromatic rings. The Bertz CT molecular complexity index is 844. The predicted molar refractivity (Wildman–Crippen MR) is 109 cm³/mol. The Morgan fingerprint density at radius 3 is 2.79 bits per heavy atom. The van der Waals surface area contributed by atoms with Crippen LogP contribution < -0.4 is 15.4 Å². The lowest BCUT2D eigenvalue weighted by molar-refractivity contribution is -0.194. The monoisotopic (exact) mass is 385 g/mol. The molecule has 6 nitrogen and oxygen atoms in total. The fourth-order valence-electron chi connectivity index (χ4n) is 7.32. The number of aliphatic hydroxyl groups is 2. The summed E-state index contributed by atoms with van der Waals surface area (Å²) >= 11 is 0. The van der Waals surface area contributed by atoms with E-state index in [1.165, 1.54) is 5.56 Å². The molecule has 0 radical (unpaired) electrons. The highest BCUT2D eigenvalue weighted by Crippen LogP contribution is 2.66. The second kappa shape index (κ2) is 5.72. The Morgan fingerprint density at radius 2 is 2.11 bits per heavy atom. The van der Waals surface area contributed by atoms with Crippen molar-refractivity contribution in [2.24, 2.45) is 11.1 Å². The van der Waals surface area contributed by atoms with Crippen molar-refractivity contribution in [2.75, 3.05) is 38.7 Å². The number of ether oxygens (including phenoxy) is 1. The summed E-state index contributed by atoms with van der Waals surface area (Å²) < 4.78 is 5.48. The molecule has 152 valence electrons. The molecule has 28 heavy (non-hydrogen) atoms. The molecule has 2 unspecified atom stereocenters. The SMILES string of the molecule is CC[C@]12C=CCN3CC[C@@]4(c5ccc(OC)cc5N(C)[C@H]4C(O)(CN)[C@@H]1O)C32. The number of nitrogens with zero attached hydrogens (tertiary/aromatic N) is 2. The molecular weight excluding hydrogens is 354 g/mol. The molecule has 0 amide bonds. The number of hydrogen-bond donors (Lipinski definition) is 3. The molecule has 0 bridgehead atoms. The maximum atomic E-state index is 11.9. The number of benzene rings is 1. The second-order valence-electron chi connectivity index (χ2n) is 9.05. The highest BCUT2D eigenvalue weighted by atomic mass is 16.5. The Balaban J connectivity index is 1.83. The van der Waals surface area contributed by atoms with E-state index in [1.807, 2.05) is 13.1 Å². The Labute approximate surface area is 166 Å². The Hall–Kier alpha value is -1.60. The normalized spacial score (nSPS) is 43.6. The van der Waals surface area contributed by atoms with E-state index in [9.17, 15) is 10.2 Å². The van der Waals surface area contributed by atoms with Gasteiger partial charge in [0.2, 0.25) is 0 Å². The Morgan fingerprint density at radius 1 is 1.32 bits per heavy atom. The van der Waals surface area contributed by atoms with Gasteiger partial charge in [-0.05, 0) is 31.0 Å². The molecule has 4 N–H and O–H groups in total. The zero-order chi connectivity index (χ0) is 19.9. The van der Waals surface area contributed by atoms with Crippen LogP contribution in [0.25, 0.3) is 0 Å². The van der Waals surface area contributed by atoms with Gasteiger partial charge in [0.15, 0.2) is 0 Å². The number of likely N-dealkylation sites (N-methyl/N-ethyl adjacent to an activating group) is 1. The lowest BCUT2D eigenvalue weighted by Crippen LogP contribution is -2.80. The molecule has 3 aliphatic heterocycles. The number of hydrogen-bond acceptors (Lipinski definition) is 6. The van der Waals surface area contributed by atoms with Crippen LogP contribution in [-0.4, -0.2) is 72.7 Å². The predicted octanol–water partition coefficient (Wildman–Crippen LogP) is 0.856. The van der Waals surface area contributed by atoms with Gasteiger partial charge in [-0.25, -0.2) is 0 Å². The van der Waals surface area contributed by atoms with Gasteiger partial charge in [0.05, 0.1) is 19.3 Å². The van der Waals surface area contributed by atoms with Crippen LogP contribution in [0, 0.1) is 5.41 Å². The third-order valence-corrected chi connectivity index (χ3v) is 8.30. The van der Waals surface area contributed by atoms with Crippen LogP contribution in [0.15, 0.2) is 30.4 Å². The minimum Gasteiger partial charge on any atom is -0.497 e. The topological polar surface area (TPSA) is 82.2 Å². The quantitative estimate of drug-likeness (QED) is 0.670. The van der Waals surface area contributed by atoms with Crippen molar-refractivity contribution in [3.8, 4) is 5.75 Å². The first-order valence-electron chi connectivity index (χ1n) is 10.3. The number of anilines is 1. The van der Waals surface area contributed by atoms with Crippen LogP contribution in [-0.2, 0) is 5.41 Å². The minimum atomic E-state index is -1.40. The molecule has 2 fully saturated rings. The van der Waals surface area contributed by atoms with Crippen molar-refractivity contribution in [1.29, 1.82) is 0 Å². The van der Waals surface area contributed by atoms with Crippen LogP contribution in [0.4, 0.5) is 5.69 Å². The third kappa shape index (κ3) is 1.79. The largest absolute Gasteiger partial charge is 0.497 e. The van der Waals surface area contributed by atoms with Crippen LogP contribution in [0.1, 0.15) is 25.3 Å². The van der Waals surface area contributed by atoms with E-state index >= 15 is 0 Å². The van der Waals surface area contributed by atoms with E-state index in [1.54, 1.807) is 7.11 Å². The molecule has 6 heteroatoms. The van der Waals surface area contributed by atoms with Crippen molar-refractivity contribution in [3.05, 3.63) is 35.9 Å². The van der Waals surface area contributed by atoms with E-state index < -0.39 is 17.1 Å². The van der Waals surface area contributed by atoms with Crippen LogP contribution >= 0.6 is 0 Å². The van der Waals surface area contributed by atoms with E-state index in [-0.39, 0.29) is 24.0 Å². The van der Waals surface area contributed by atoms with Gasteiger partial charge in [-0.15, -0.1) is 0 Å². The average molecular weight is 386 g/mol. The summed E-state index contributed by atoms with van der Waals surface area (Å²) in [6, 6.07) is 6.11. The van der Waals surface area contributed by atoms with Gasteiger partial charge in [-0.1, -0.05) is 25.1 Å². The van der Waals surface area contributed by atoms with Gasteiger partial charge in [-0.2, -0.15) is 0 Å². The summed E-state index contributed by atoms with van der Waals surface area (Å²) in [7, 11) is 3.69. The van der Waals surface area contributed by atoms with Crippen LogP contribution in [0.5, 0.6) is 5.75 Å². The van der Waals surface area contributed by atoms with E-state index in [2.05, 4.69) is 41.0 Å². The van der Waals surface area contributed by atoms with E-state index in [0.717, 1.165) is 37.4 Å². The lowest BCUT2D eigenvalue weighted by atomic mass is 9.48. The molecule has 1 saturated heterocycles. The Kier molecular flexibility index (Phi) is 3.77. The van der Waals surface area contributed by atoms with Gasteiger partial charge in [0, 0.05) is 48.8 Å². The second-order valence-corrected chi connectivity index (χ2v) is 9.05. The van der Waals surface area contributed by atoms with E-state index in [0.29, 0.717) is 0 Å². The lowest BCUT2D eigenvalue weighted by Gasteiger charge is -2.64. The van der Waals surface area contributed by atoms with Crippen molar-refractivity contribution < 1.29 is 14.9 Å². The first-order chi connectivity index (χ1) is 13.4. The molecule has 1 aliphatic carbocycles. The van der Waals surface area contributed by atoms with Crippen LogP contribution in [0.3, 0.4) is 0 Å². The van der Waals surface area contributed by atoms with E-state index in [4.69, 9.17) is 10.5 Å². The molecule has 0 aromatic heterocycles. The van der Waals surface area contributed by atoms with Gasteiger partial charge in [0.1, 0.15) is 11.4 Å². The molecule has 1 aromatic carbocycles. The summed E-state index contributed by atoms with van der Waals surface area (Å²) in [5.74, 6) is 0.803. The molecule has 1 saturated carbocycles. The minimum absolute atomic E-state index is 0.0261. The number of fused-ring (bicyclic) bond motifs is 1. The molecule has 5 rings (SSSR count). The van der Waals surface area contributed by atoms with Gasteiger partial charge in [-0.3, -0.25) is 4.90 Å². The number of methoxy groups -OCH3 is 1. The fourth-order valence-corrected chi connectivity index (χ4v) is 7.32. The maximum absolute atomic E-state index is 11.9. The van der Waals surface area contributed by atoms with Crippen molar-refractivity contribution in [2.45, 2.75) is 49.0 Å². The van der Waals surface area contributed by atoms with Crippen molar-refractivity contribution in [3.63, 3.8) is 0 Å². The molecule has 1 spiro atoms. The smallest absolute Gasteiger partial charge is 0.125 e. The standard InChI is InChI=1S/C22H31N3O3/c1-4-20-8-5-10-25-11-9-21(17(20)25)15-7-6-14(28-3)12-16(15)24(2)18(21)22(27,13-23)19(20)26/h5-8,12,17-19,26-27H,4,9-11,13,23H2,1-3H3/t17?,18-,19-,20-,21-,22?/m1/s1. The molecule has 4 aliphatic rings. The molecule has 6 atom stereocenters. The first kappa shape index (κ1) is 18.4. The van der Waals surface area contributed by atoms with Gasteiger partial charge >= 0.3 is 0 Å². The van der Waals surface area contributed by atoms with Crippen molar-refractivity contribution >= 4 is 5.69 Å². The zero-order valence-electron chi connectivity index (χ0n) is 16.9. The zero-order valence-corrected chi connectivity index (χ0v) is 16.9. The summed E-state index contributed by atoms with van der Waals surface area (Å²) in [6.07, 6.45) is 5.12. The maximum Gasteiger partial charge on any atom is 0.125 e. The van der Waals surface area contributed by atoms with Gasteiger partial charge in [0.25, 0.3) is 0 Å². The number of nitrogens with two attached hydrogens (primary N) is 1. The highest BCUT2D eigenvalue weighted by molar-refractivity contribution is 5.70. The molecular formula is C22H31N3O3. The third-order valence-electron chi connectivity index (χ3n) is 8.30. The van der Waals surface area contributed by atoms with Crippen LogP contribution in [0.2, 0.25) is 0 Å². The summed E-state index contributed by atoms with van der Waals surface area (Å²) in [4.78, 5) is 4.65. The fraction of sp³-hybridized carbons (Fsp3) is 0.636. The number of aliphatic hydroxyl groups excluding tert-OH is 1. The number of rotatable bonds is 3. The first-order valence-corrected chi connectivity index (χ1v) is 10.3. The summed E-state index contributed by atoms with van der Waals surface area (Å²) in [5.41, 5.74) is 6.34. The summed E-state index contributed by atoms with van der Waals surface area (Å²) in [6.45, 7) is 4.00. The highest BCUT2D eigenvalue weighted by Gasteiger charge is 2.76. The average Bonchev–Trinajstić information content (AvgIpc) is 3.23.